The Morgan fingerprint density at radius 2 is 1.89 bits per heavy atom. The highest BCUT2D eigenvalue weighted by Crippen LogP contribution is 2.18. The number of hydrogen-bond donors (Lipinski definition) is 0. The second-order valence-corrected chi connectivity index (χ2v) is 3.55. The maximum atomic E-state index is 11.9. The quantitative estimate of drug-likeness (QED) is 0.726. The summed E-state index contributed by atoms with van der Waals surface area (Å²) in [6.07, 6.45) is 0.118. The Labute approximate surface area is 106 Å². The molecule has 0 atom stereocenters. The highest BCUT2D eigenvalue weighted by molar-refractivity contribution is 5.80. The molecule has 0 saturated carbocycles. The number of nitrogens with zero attached hydrogens (tertiary/aromatic N) is 3. The minimum Gasteiger partial charge on any atom is -0.496 e. The molecule has 0 radical (unpaired) electrons. The molecule has 5 heteroatoms. The molecule has 0 saturated heterocycles. The van der Waals surface area contributed by atoms with Crippen molar-refractivity contribution in [1.29, 1.82) is 10.5 Å². The maximum absolute atomic E-state index is 11.9. The molecule has 0 aliphatic heterocycles. The summed E-state index contributed by atoms with van der Waals surface area (Å²) < 4.78 is 5.15. The minimum atomic E-state index is -0.261. The molecule has 0 heterocycles. The van der Waals surface area contributed by atoms with Gasteiger partial charge in [-0.1, -0.05) is 18.2 Å². The molecular formula is C13H13N3O2. The lowest BCUT2D eigenvalue weighted by Crippen LogP contribution is -2.33. The summed E-state index contributed by atoms with van der Waals surface area (Å²) in [4.78, 5) is 13.1. The molecule has 0 aromatic heterocycles. The molecular weight excluding hydrogens is 230 g/mol. The topological polar surface area (TPSA) is 77.1 Å². The fourth-order valence-corrected chi connectivity index (χ4v) is 1.53. The number of carbonyl (C=O) groups is 1. The van der Waals surface area contributed by atoms with Gasteiger partial charge >= 0.3 is 0 Å². The van der Waals surface area contributed by atoms with Crippen molar-refractivity contribution in [3.8, 4) is 17.9 Å². The molecule has 1 aromatic carbocycles. The monoisotopic (exact) mass is 243 g/mol. The molecule has 1 aromatic rings. The molecule has 0 N–H and O–H groups in total. The van der Waals surface area contributed by atoms with Crippen molar-refractivity contribution in [2.24, 2.45) is 0 Å². The van der Waals surface area contributed by atoms with Crippen molar-refractivity contribution in [2.75, 3.05) is 20.2 Å². The number of nitriles is 2. The average molecular weight is 243 g/mol. The average Bonchev–Trinajstić information content (AvgIpc) is 2.39. The molecule has 0 unspecified atom stereocenters. The largest absolute Gasteiger partial charge is 0.496 e. The van der Waals surface area contributed by atoms with E-state index < -0.39 is 0 Å². The van der Waals surface area contributed by atoms with Gasteiger partial charge < -0.3 is 9.64 Å². The Bertz CT molecular complexity index is 484. The first-order valence-electron chi connectivity index (χ1n) is 5.36. The first-order chi connectivity index (χ1) is 8.72. The second kappa shape index (κ2) is 6.93. The minimum absolute atomic E-state index is 0.0818. The number of ether oxygens (including phenoxy) is 1. The molecule has 92 valence electrons. The first kappa shape index (κ1) is 13.5. The van der Waals surface area contributed by atoms with E-state index in [4.69, 9.17) is 15.3 Å². The lowest BCUT2D eigenvalue weighted by molar-refractivity contribution is -0.129. The number of benzene rings is 1. The van der Waals surface area contributed by atoms with E-state index in [9.17, 15) is 4.79 Å². The zero-order chi connectivity index (χ0) is 13.4. The number of para-hydroxylation sites is 1. The summed E-state index contributed by atoms with van der Waals surface area (Å²) in [7, 11) is 1.53. The van der Waals surface area contributed by atoms with Crippen LogP contribution in [0.4, 0.5) is 0 Å². The molecule has 0 bridgehead atoms. The van der Waals surface area contributed by atoms with E-state index in [2.05, 4.69) is 0 Å². The smallest absolute Gasteiger partial charge is 0.228 e. The summed E-state index contributed by atoms with van der Waals surface area (Å²) in [5.41, 5.74) is 0.742. The zero-order valence-corrected chi connectivity index (χ0v) is 10.1. The molecule has 5 nitrogen and oxygen atoms in total. The van der Waals surface area contributed by atoms with E-state index in [0.717, 1.165) is 5.56 Å². The summed E-state index contributed by atoms with van der Waals surface area (Å²) in [5.74, 6) is 0.363. The summed E-state index contributed by atoms with van der Waals surface area (Å²) in [5, 5.41) is 17.2. The van der Waals surface area contributed by atoms with Crippen LogP contribution < -0.4 is 4.74 Å². The van der Waals surface area contributed by atoms with Crippen LogP contribution >= 0.6 is 0 Å². The number of amides is 1. The van der Waals surface area contributed by atoms with Gasteiger partial charge in [-0.15, -0.1) is 0 Å². The third-order valence-corrected chi connectivity index (χ3v) is 2.41. The fourth-order valence-electron chi connectivity index (χ4n) is 1.53. The van der Waals surface area contributed by atoms with Crippen LogP contribution in [-0.4, -0.2) is 31.0 Å². The van der Waals surface area contributed by atoms with E-state index in [-0.39, 0.29) is 25.4 Å². The highest BCUT2D eigenvalue weighted by atomic mass is 16.5. The lowest BCUT2D eigenvalue weighted by Gasteiger charge is -2.16. The molecule has 0 aliphatic carbocycles. The molecule has 0 aliphatic rings. The third-order valence-electron chi connectivity index (χ3n) is 2.41. The maximum Gasteiger partial charge on any atom is 0.228 e. The van der Waals surface area contributed by atoms with Gasteiger partial charge in [0.15, 0.2) is 0 Å². The van der Waals surface area contributed by atoms with Gasteiger partial charge in [-0.25, -0.2) is 0 Å². The van der Waals surface area contributed by atoms with Crippen molar-refractivity contribution < 1.29 is 9.53 Å². The van der Waals surface area contributed by atoms with Gasteiger partial charge in [0.25, 0.3) is 0 Å². The van der Waals surface area contributed by atoms with Crippen molar-refractivity contribution in [2.45, 2.75) is 6.42 Å². The van der Waals surface area contributed by atoms with Crippen LogP contribution in [0, 0.1) is 22.7 Å². The van der Waals surface area contributed by atoms with Crippen LogP contribution in [0.25, 0.3) is 0 Å². The predicted molar refractivity (Wildman–Crippen MR) is 64.5 cm³/mol. The molecule has 1 amide bonds. The lowest BCUT2D eigenvalue weighted by atomic mass is 10.1. The third kappa shape index (κ3) is 3.50. The number of rotatable bonds is 5. The predicted octanol–water partition coefficient (Wildman–Crippen LogP) is 1.11. The summed E-state index contributed by atoms with van der Waals surface area (Å²) in [6, 6.07) is 10.9. The van der Waals surface area contributed by atoms with Gasteiger partial charge in [0.1, 0.15) is 18.8 Å². The number of methoxy groups -OCH3 is 1. The Balaban J connectivity index is 2.80. The van der Waals surface area contributed by atoms with Gasteiger partial charge in [0, 0.05) is 5.56 Å². The zero-order valence-electron chi connectivity index (χ0n) is 10.1. The van der Waals surface area contributed by atoms with Crippen LogP contribution in [-0.2, 0) is 11.2 Å². The van der Waals surface area contributed by atoms with Crippen LogP contribution in [0.5, 0.6) is 5.75 Å². The van der Waals surface area contributed by atoms with E-state index in [1.165, 1.54) is 12.0 Å². The first-order valence-corrected chi connectivity index (χ1v) is 5.36. The van der Waals surface area contributed by atoms with E-state index >= 15 is 0 Å². The Kier molecular flexibility index (Phi) is 5.21. The van der Waals surface area contributed by atoms with Crippen molar-refractivity contribution in [1.82, 2.24) is 4.90 Å². The number of carbonyl (C=O) groups excluding carboxylic acids is 1. The second-order valence-electron chi connectivity index (χ2n) is 3.55. The Morgan fingerprint density at radius 1 is 1.28 bits per heavy atom. The van der Waals surface area contributed by atoms with Crippen molar-refractivity contribution in [3.05, 3.63) is 29.8 Å². The summed E-state index contributed by atoms with van der Waals surface area (Å²) in [6.45, 7) is -0.164. The van der Waals surface area contributed by atoms with Crippen LogP contribution in [0.1, 0.15) is 5.56 Å². The van der Waals surface area contributed by atoms with Gasteiger partial charge in [0.05, 0.1) is 25.7 Å². The van der Waals surface area contributed by atoms with Gasteiger partial charge in [0.2, 0.25) is 5.91 Å². The van der Waals surface area contributed by atoms with E-state index in [0.29, 0.717) is 5.75 Å². The van der Waals surface area contributed by atoms with Crippen LogP contribution in [0.2, 0.25) is 0 Å². The van der Waals surface area contributed by atoms with Gasteiger partial charge in [-0.05, 0) is 6.07 Å². The van der Waals surface area contributed by atoms with Crippen molar-refractivity contribution in [3.63, 3.8) is 0 Å². The van der Waals surface area contributed by atoms with Gasteiger partial charge in [-0.2, -0.15) is 10.5 Å². The molecule has 18 heavy (non-hydrogen) atoms. The summed E-state index contributed by atoms with van der Waals surface area (Å²) >= 11 is 0. The SMILES string of the molecule is COc1ccccc1CC(=O)N(CC#N)CC#N. The molecule has 0 spiro atoms. The highest BCUT2D eigenvalue weighted by Gasteiger charge is 2.15. The van der Waals surface area contributed by atoms with E-state index in [1.54, 1.807) is 12.1 Å². The Morgan fingerprint density at radius 3 is 2.44 bits per heavy atom. The Hall–Kier alpha value is -2.53. The van der Waals surface area contributed by atoms with Crippen molar-refractivity contribution >= 4 is 5.91 Å². The molecule has 1 rings (SSSR count). The van der Waals surface area contributed by atoms with Gasteiger partial charge in [-0.3, -0.25) is 4.79 Å². The normalized spacial score (nSPS) is 9.06. The van der Waals surface area contributed by atoms with Crippen LogP contribution in [0.3, 0.4) is 0 Å². The standard InChI is InChI=1S/C13H13N3O2/c1-18-12-5-3-2-4-11(12)10-13(17)16(8-6-14)9-7-15/h2-5H,8-10H2,1H3. The number of hydrogen-bond acceptors (Lipinski definition) is 4. The fraction of sp³-hybridized carbons (Fsp3) is 0.308. The van der Waals surface area contributed by atoms with Crippen LogP contribution in [0.15, 0.2) is 24.3 Å². The molecule has 0 fully saturated rings. The van der Waals surface area contributed by atoms with E-state index in [1.807, 2.05) is 24.3 Å².